The minimum Gasteiger partial charge on any atom is -0.369 e. The topological polar surface area (TPSA) is 24.1 Å². The van der Waals surface area contributed by atoms with Crippen LogP contribution in [0.3, 0.4) is 0 Å². The van der Waals surface area contributed by atoms with Crippen molar-refractivity contribution in [3.8, 4) is 0 Å². The van der Waals surface area contributed by atoms with Crippen molar-refractivity contribution in [3.05, 3.63) is 0 Å². The second-order valence-corrected chi connectivity index (χ2v) is 4.35. The van der Waals surface area contributed by atoms with Crippen LogP contribution in [0.2, 0.25) is 0 Å². The molecule has 0 heterocycles. The second kappa shape index (κ2) is 6.05. The monoisotopic (exact) mass is 226 g/mol. The first-order chi connectivity index (χ1) is 5.02. The molecule has 0 rings (SSSR count). The Hall–Kier alpha value is 0.480. The lowest BCUT2D eigenvalue weighted by atomic mass is 10.3. The van der Waals surface area contributed by atoms with Crippen molar-refractivity contribution >= 4 is 58.3 Å². The maximum Gasteiger partial charge on any atom is 0.130 e. The molecule has 0 aliphatic carbocycles. The molecule has 0 aromatic rings. The van der Waals surface area contributed by atoms with E-state index in [1.165, 1.54) is 0 Å². The van der Waals surface area contributed by atoms with Gasteiger partial charge in [0, 0.05) is 12.6 Å². The normalized spacial score (nSPS) is 11.9. The van der Waals surface area contributed by atoms with E-state index in [1.54, 1.807) is 0 Å². The van der Waals surface area contributed by atoms with Gasteiger partial charge >= 0.3 is 0 Å². The Balaban J connectivity index is 3.44. The molecule has 0 bridgehead atoms. The molecule has 1 atom stereocenters. The minimum absolute atomic E-state index is 0.213. The van der Waals surface area contributed by atoms with Gasteiger partial charge in [0.2, 0.25) is 0 Å². The highest BCUT2D eigenvalue weighted by molar-refractivity contribution is 8.11. The van der Waals surface area contributed by atoms with Crippen molar-refractivity contribution in [3.63, 3.8) is 0 Å². The first-order valence-electron chi connectivity index (χ1n) is 2.98. The molecule has 0 aromatic carbocycles. The lowest BCUT2D eigenvalue weighted by Gasteiger charge is -2.13. The van der Waals surface area contributed by atoms with E-state index in [-0.39, 0.29) is 6.04 Å². The highest BCUT2D eigenvalue weighted by Crippen LogP contribution is 1.85. The third kappa shape index (κ3) is 8.39. The molecule has 0 saturated carbocycles. The molecule has 6 heteroatoms. The molecular weight excluding hydrogens is 216 g/mol. The predicted octanol–water partition coefficient (Wildman–Crippen LogP) is 0.983. The van der Waals surface area contributed by atoms with Gasteiger partial charge in [-0.3, -0.25) is 0 Å². The summed E-state index contributed by atoms with van der Waals surface area (Å²) in [7, 11) is 0. The van der Waals surface area contributed by atoms with Gasteiger partial charge in [0.25, 0.3) is 0 Å². The summed E-state index contributed by atoms with van der Waals surface area (Å²) in [5.41, 5.74) is 0. The van der Waals surface area contributed by atoms with Crippen LogP contribution in [-0.2, 0) is 0 Å². The fourth-order valence-electron chi connectivity index (χ4n) is 0.502. The molecule has 11 heavy (non-hydrogen) atoms. The molecule has 64 valence electrons. The fraction of sp³-hybridized carbons (Fsp3) is 0.600. The SMILES string of the molecule is C[C@H](CNC(=S)S)NC(=S)S. The zero-order chi connectivity index (χ0) is 8.85. The van der Waals surface area contributed by atoms with Gasteiger partial charge in [-0.05, 0) is 6.92 Å². The van der Waals surface area contributed by atoms with Crippen molar-refractivity contribution in [1.82, 2.24) is 10.6 Å². The molecule has 0 aliphatic heterocycles. The van der Waals surface area contributed by atoms with Crippen LogP contribution in [0.1, 0.15) is 6.92 Å². The van der Waals surface area contributed by atoms with Crippen LogP contribution in [0, 0.1) is 0 Å². The van der Waals surface area contributed by atoms with Gasteiger partial charge in [0.15, 0.2) is 0 Å². The van der Waals surface area contributed by atoms with E-state index in [1.807, 2.05) is 6.92 Å². The Morgan fingerprint density at radius 3 is 2.27 bits per heavy atom. The Morgan fingerprint density at radius 1 is 1.36 bits per heavy atom. The molecule has 2 nitrogen and oxygen atoms in total. The fourth-order valence-corrected chi connectivity index (χ4v) is 1.10. The highest BCUT2D eigenvalue weighted by Gasteiger charge is 2.00. The summed E-state index contributed by atoms with van der Waals surface area (Å²) in [5.74, 6) is 0. The highest BCUT2D eigenvalue weighted by atomic mass is 32.1. The zero-order valence-electron chi connectivity index (χ0n) is 6.00. The van der Waals surface area contributed by atoms with E-state index < -0.39 is 0 Å². The summed E-state index contributed by atoms with van der Waals surface area (Å²) in [5, 5.41) is 5.83. The third-order valence-electron chi connectivity index (χ3n) is 0.929. The Labute approximate surface area is 88.3 Å². The number of hydrogen-bond donors (Lipinski definition) is 4. The van der Waals surface area contributed by atoms with E-state index >= 15 is 0 Å². The smallest absolute Gasteiger partial charge is 0.130 e. The molecule has 0 aromatic heterocycles. The van der Waals surface area contributed by atoms with Gasteiger partial charge in [-0.1, -0.05) is 24.4 Å². The van der Waals surface area contributed by atoms with Crippen LogP contribution >= 0.6 is 49.7 Å². The van der Waals surface area contributed by atoms with Crippen LogP contribution in [0.5, 0.6) is 0 Å². The minimum atomic E-state index is 0.213. The van der Waals surface area contributed by atoms with Crippen LogP contribution < -0.4 is 10.6 Å². The third-order valence-corrected chi connectivity index (χ3v) is 1.48. The molecule has 0 saturated heterocycles. The summed E-state index contributed by atoms with van der Waals surface area (Å²) in [4.78, 5) is 0. The van der Waals surface area contributed by atoms with Crippen molar-refractivity contribution in [2.75, 3.05) is 6.54 Å². The first kappa shape index (κ1) is 11.5. The second-order valence-electron chi connectivity index (χ2n) is 2.04. The number of hydrogen-bond acceptors (Lipinski definition) is 2. The summed E-state index contributed by atoms with van der Waals surface area (Å²) in [6.45, 7) is 2.67. The number of nitrogens with one attached hydrogen (secondary N) is 2. The van der Waals surface area contributed by atoms with Crippen molar-refractivity contribution in [2.45, 2.75) is 13.0 Å². The standard InChI is InChI=1S/C5H10N2S4/c1-3(7-5(10)11)2-6-4(8)9/h3H,2H2,1H3,(H2,6,8,9)(H2,7,10,11)/t3-/m1/s1. The van der Waals surface area contributed by atoms with Gasteiger partial charge in [0.1, 0.15) is 8.64 Å². The average Bonchev–Trinajstić information content (AvgIpc) is 1.82. The maximum absolute atomic E-state index is 4.73. The average molecular weight is 226 g/mol. The zero-order valence-corrected chi connectivity index (χ0v) is 9.42. The van der Waals surface area contributed by atoms with Gasteiger partial charge in [0.05, 0.1) is 0 Å². The molecule has 0 spiro atoms. The van der Waals surface area contributed by atoms with Crippen molar-refractivity contribution in [2.24, 2.45) is 0 Å². The van der Waals surface area contributed by atoms with E-state index in [2.05, 4.69) is 35.9 Å². The molecule has 0 fully saturated rings. The van der Waals surface area contributed by atoms with Crippen LogP contribution in [0.4, 0.5) is 0 Å². The predicted molar refractivity (Wildman–Crippen MR) is 63.8 cm³/mol. The van der Waals surface area contributed by atoms with Gasteiger partial charge in [-0.15, -0.1) is 25.3 Å². The Morgan fingerprint density at radius 2 is 1.91 bits per heavy atom. The van der Waals surface area contributed by atoms with Crippen LogP contribution in [0.15, 0.2) is 0 Å². The Kier molecular flexibility index (Phi) is 6.31. The van der Waals surface area contributed by atoms with Gasteiger partial charge in [-0.25, -0.2) is 0 Å². The van der Waals surface area contributed by atoms with E-state index in [0.717, 1.165) is 0 Å². The lowest BCUT2D eigenvalue weighted by molar-refractivity contribution is 0.653. The van der Waals surface area contributed by atoms with Crippen LogP contribution in [-0.4, -0.2) is 21.2 Å². The summed E-state index contributed by atoms with van der Waals surface area (Å²) >= 11 is 17.3. The number of thiol groups is 2. The number of rotatable bonds is 3. The van der Waals surface area contributed by atoms with Crippen LogP contribution in [0.25, 0.3) is 0 Å². The summed E-state index contributed by atoms with van der Waals surface area (Å²) in [6, 6.07) is 0.213. The van der Waals surface area contributed by atoms with Gasteiger partial charge < -0.3 is 10.6 Å². The van der Waals surface area contributed by atoms with E-state index in [9.17, 15) is 0 Å². The molecule has 0 aliphatic rings. The lowest BCUT2D eigenvalue weighted by Crippen LogP contribution is -2.38. The summed E-state index contributed by atoms with van der Waals surface area (Å²) < 4.78 is 0.980. The number of thiocarbonyl (C=S) groups is 2. The molecule has 0 amide bonds. The molecule has 0 unspecified atom stereocenters. The van der Waals surface area contributed by atoms with E-state index in [4.69, 9.17) is 24.4 Å². The van der Waals surface area contributed by atoms with Crippen molar-refractivity contribution < 1.29 is 0 Å². The summed E-state index contributed by atoms with van der Waals surface area (Å²) in [6.07, 6.45) is 0. The quantitative estimate of drug-likeness (QED) is 0.426. The molecular formula is C5H10N2S4. The van der Waals surface area contributed by atoms with Crippen molar-refractivity contribution in [1.29, 1.82) is 0 Å². The first-order valence-corrected chi connectivity index (χ1v) is 4.69. The molecule has 0 radical (unpaired) electrons. The van der Waals surface area contributed by atoms with E-state index in [0.29, 0.717) is 15.2 Å². The van der Waals surface area contributed by atoms with Gasteiger partial charge in [-0.2, -0.15) is 0 Å². The largest absolute Gasteiger partial charge is 0.369 e. The maximum atomic E-state index is 4.73. The Bertz CT molecular complexity index is 159. The molecule has 2 N–H and O–H groups in total.